The highest BCUT2D eigenvalue weighted by molar-refractivity contribution is 6.35. The van der Waals surface area contributed by atoms with Gasteiger partial charge in [-0.1, -0.05) is 109 Å². The van der Waals surface area contributed by atoms with E-state index in [1.54, 1.807) is 57.2 Å². The van der Waals surface area contributed by atoms with Gasteiger partial charge in [0.25, 0.3) is 0 Å². The van der Waals surface area contributed by atoms with Crippen LogP contribution in [0.4, 0.5) is 15.3 Å². The molecule has 5 aromatic rings. The van der Waals surface area contributed by atoms with Crippen molar-refractivity contribution in [1.29, 1.82) is 0 Å². The van der Waals surface area contributed by atoms with Crippen molar-refractivity contribution in [1.82, 2.24) is 35.4 Å². The van der Waals surface area contributed by atoms with Gasteiger partial charge in [-0.25, -0.2) is 24.4 Å². The number of anilines is 1. The van der Waals surface area contributed by atoms with Gasteiger partial charge in [-0.15, -0.1) is 0 Å². The van der Waals surface area contributed by atoms with E-state index in [-0.39, 0.29) is 94.6 Å². The Kier molecular flexibility index (Phi) is 30.5. The number of alkyl carbamates (subject to hydrolysis) is 1. The molecule has 1 aliphatic carbocycles. The van der Waals surface area contributed by atoms with Crippen molar-refractivity contribution >= 4 is 70.0 Å². The zero-order valence-corrected chi connectivity index (χ0v) is 63.6. The van der Waals surface area contributed by atoms with Crippen molar-refractivity contribution < 1.29 is 95.5 Å². The van der Waals surface area contributed by atoms with E-state index in [4.69, 9.17) is 68.4 Å². The summed E-state index contributed by atoms with van der Waals surface area (Å²) in [6.07, 6.45) is 0.104. The third-order valence-corrected chi connectivity index (χ3v) is 20.2. The first-order valence-electron chi connectivity index (χ1n) is 36.2. The lowest BCUT2D eigenvalue weighted by atomic mass is 9.83. The molecule has 2 saturated heterocycles. The molecule has 0 spiro atoms. The molecule has 582 valence electrons. The number of halogens is 1. The molecule has 1 unspecified atom stereocenters. The first-order valence-corrected chi connectivity index (χ1v) is 36.5. The monoisotopic (exact) mass is 1510 g/mol. The fraction of sp³-hybridized carbons (Fsp3) is 0.526. The van der Waals surface area contributed by atoms with Crippen molar-refractivity contribution in [3.05, 3.63) is 142 Å². The molecular weight excluding hydrogens is 1400 g/mol. The van der Waals surface area contributed by atoms with Gasteiger partial charge in [-0.3, -0.25) is 24.5 Å². The highest BCUT2D eigenvalue weighted by Gasteiger charge is 2.64. The smallest absolute Gasteiger partial charge is 0.424 e. The number of methoxy groups -OCH3 is 2. The lowest BCUT2D eigenvalue weighted by molar-refractivity contribution is -0.162. The van der Waals surface area contributed by atoms with Crippen molar-refractivity contribution in [2.45, 2.75) is 121 Å². The molecule has 28 nitrogen and oxygen atoms in total. The van der Waals surface area contributed by atoms with E-state index < -0.39 is 77.7 Å². The summed E-state index contributed by atoms with van der Waals surface area (Å²) in [6, 6.07) is 28.8. The molecule has 4 heterocycles. The fourth-order valence-electron chi connectivity index (χ4n) is 13.4. The lowest BCUT2D eigenvalue weighted by Gasteiger charge is -2.42. The third kappa shape index (κ3) is 22.1. The highest BCUT2D eigenvalue weighted by atomic mass is 35.5. The van der Waals surface area contributed by atoms with Crippen LogP contribution in [0.15, 0.2) is 115 Å². The van der Waals surface area contributed by atoms with Crippen LogP contribution >= 0.6 is 11.6 Å². The van der Waals surface area contributed by atoms with E-state index >= 15 is 0 Å². The Morgan fingerprint density at radius 3 is 2.03 bits per heavy atom. The maximum Gasteiger partial charge on any atom is 0.424 e. The van der Waals surface area contributed by atoms with Crippen LogP contribution in [0.25, 0.3) is 22.0 Å². The Bertz CT molecular complexity index is 3880. The molecule has 4 aliphatic rings. The summed E-state index contributed by atoms with van der Waals surface area (Å²) in [7, 11) is 9.42. The number of fused-ring (bicyclic) bond motifs is 9. The number of nitrogens with one attached hydrogen (secondary N) is 3. The van der Waals surface area contributed by atoms with Gasteiger partial charge in [0.1, 0.15) is 47.3 Å². The van der Waals surface area contributed by atoms with Gasteiger partial charge in [0.2, 0.25) is 23.6 Å². The average molecular weight is 1510 g/mol. The zero-order chi connectivity index (χ0) is 76.8. The van der Waals surface area contributed by atoms with Gasteiger partial charge in [0, 0.05) is 84.3 Å². The number of aromatic nitrogens is 1. The maximum atomic E-state index is 14.4. The second kappa shape index (κ2) is 39.5. The molecule has 4 N–H and O–H groups in total. The molecule has 4 bridgehead atoms. The lowest BCUT2D eigenvalue weighted by Crippen LogP contribution is -2.63. The molecule has 8 atom stereocenters. The Morgan fingerprint density at radius 2 is 1.39 bits per heavy atom. The molecule has 107 heavy (non-hydrogen) atoms. The molecule has 0 saturated carbocycles. The van der Waals surface area contributed by atoms with Crippen molar-refractivity contribution in [3.8, 4) is 16.9 Å². The number of hydrazine groups is 1. The number of hydrogen-bond acceptors (Lipinski definition) is 21. The second-order valence-electron chi connectivity index (χ2n) is 27.2. The van der Waals surface area contributed by atoms with Gasteiger partial charge in [-0.2, -0.15) is 0 Å². The van der Waals surface area contributed by atoms with E-state index in [2.05, 4.69) is 44.8 Å². The summed E-state index contributed by atoms with van der Waals surface area (Å²) in [6.45, 7) is 11.3. The number of aliphatic hydroxyl groups is 1. The summed E-state index contributed by atoms with van der Waals surface area (Å²) < 4.78 is 71.1. The molecule has 0 radical (unpaired) electrons. The van der Waals surface area contributed by atoms with Gasteiger partial charge in [0.15, 0.2) is 5.72 Å². The number of esters is 1. The Balaban J connectivity index is 0.585. The van der Waals surface area contributed by atoms with Crippen LogP contribution < -0.4 is 25.6 Å². The zero-order valence-electron chi connectivity index (χ0n) is 62.8. The number of benzene rings is 4. The van der Waals surface area contributed by atoms with Gasteiger partial charge < -0.3 is 86.9 Å². The van der Waals surface area contributed by atoms with Gasteiger partial charge in [0.05, 0.1) is 124 Å². The largest absolute Gasteiger partial charge is 0.495 e. The predicted molar refractivity (Wildman–Crippen MR) is 397 cm³/mol. The van der Waals surface area contributed by atoms with E-state index in [0.29, 0.717) is 83.8 Å². The number of ether oxygens (including phenoxy) is 12. The molecule has 4 aromatic carbocycles. The summed E-state index contributed by atoms with van der Waals surface area (Å²) in [5, 5.41) is 24.3. The number of nitrogens with zero attached hydrogens (tertiary/aromatic N) is 5. The number of allylic oxidation sites excluding steroid dienone is 3. The number of amides is 6. The number of aryl methyl sites for hydroxylation is 1. The van der Waals surface area contributed by atoms with Crippen LogP contribution in [0.5, 0.6) is 5.75 Å². The molecule has 3 aliphatic heterocycles. The molecular formula is C78H103ClN8O20. The SMILES string of the molecule is COc1cc2cc(c1Cl)N(C)C(=O)C[C@H](OC(=O)[C@H](C)N(C)C(=O)CCOCCOCCOCCOCCOCCOCCNC(=O)CNC(=O)CCn1c(CN(C)N(C)C(=O)OCC3c4ccccc4-c4ccccc43)cc3ccccc31)[C@]1(C)OC1[C@H](C)[C@@H]1C[C@@](O)(NC(=O)O1)[C@H](OC)/C=C/C=C(\C)C2. The fourth-order valence-corrected chi connectivity index (χ4v) is 13.7. The standard InChI is InChI=1S/C78H103ClN8O20/c1-51-18-17-25-66(97-10)78(95)47-65(105-75(93)82-78)52(2)73-77(4,107-73)67(46-71(91)85(7)63-43-54(42-51)44-64(96-9)72(63)79)106-74(92)53(3)84(6)70(90)27-30-98-32-34-100-36-38-102-40-41-103-39-37-101-35-33-99-31-28-80-69(89)48-81-68(88)26-29-87-56(45-55-19-11-16-24-62(55)87)49-83(5)86(8)76(94)104-50-61-59-22-14-12-20-57(59)58-21-13-15-23-60(58)61/h11-25,43-45,52-53,61,65-67,73,95H,26-42,46-50H2,1-10H3,(H,80,89)(H,81,88)(H,82,93)/b25-17+,51-18+/t52-,53+,65+,66-,67+,73?,77+,78+/m1/s1. The predicted octanol–water partition coefficient (Wildman–Crippen LogP) is 7.51. The number of hydrogen-bond donors (Lipinski definition) is 4. The van der Waals surface area contributed by atoms with Crippen LogP contribution in [-0.2, 0) is 95.6 Å². The number of para-hydroxylation sites is 1. The first-order chi connectivity index (χ1) is 51.4. The molecule has 29 heteroatoms. The van der Waals surface area contributed by atoms with Crippen LogP contribution in [0, 0.1) is 5.92 Å². The number of carbonyl (C=O) groups excluding carboxylic acids is 7. The van der Waals surface area contributed by atoms with E-state index in [1.165, 1.54) is 43.0 Å². The molecule has 6 amide bonds. The Morgan fingerprint density at radius 1 is 0.785 bits per heavy atom. The molecule has 9 rings (SSSR count). The van der Waals surface area contributed by atoms with Crippen molar-refractivity contribution in [2.75, 3.05) is 146 Å². The Hall–Kier alpha value is -8.52. The normalized spacial score (nSPS) is 21.7. The highest BCUT2D eigenvalue weighted by Crippen LogP contribution is 2.50. The summed E-state index contributed by atoms with van der Waals surface area (Å²) >= 11 is 6.84. The van der Waals surface area contributed by atoms with Crippen LogP contribution in [0.2, 0.25) is 5.02 Å². The number of carbonyl (C=O) groups is 7. The minimum Gasteiger partial charge on any atom is -0.495 e. The third-order valence-electron chi connectivity index (χ3n) is 19.8. The van der Waals surface area contributed by atoms with Crippen LogP contribution in [-0.4, -0.2) is 250 Å². The van der Waals surface area contributed by atoms with Crippen LogP contribution in [0.1, 0.15) is 81.7 Å². The quantitative estimate of drug-likeness (QED) is 0.00991. The maximum absolute atomic E-state index is 14.4. The summed E-state index contributed by atoms with van der Waals surface area (Å²) in [5.41, 5.74) is 5.30. The minimum absolute atomic E-state index is 0.0497. The number of likely N-dealkylation sites (N-methyl/N-ethyl adjacent to an activating group) is 1. The summed E-state index contributed by atoms with van der Waals surface area (Å²) in [5.74, 6) is -2.60. The summed E-state index contributed by atoms with van der Waals surface area (Å²) in [4.78, 5) is 96.6. The Labute approximate surface area is 630 Å². The number of epoxide rings is 1. The average Bonchev–Trinajstić information content (AvgIpc) is 1.58. The topological polar surface area (TPSA) is 308 Å². The first kappa shape index (κ1) is 82.5. The minimum atomic E-state index is -1.87. The van der Waals surface area contributed by atoms with E-state index in [0.717, 1.165) is 50.0 Å². The second-order valence-corrected chi connectivity index (χ2v) is 27.6. The van der Waals surface area contributed by atoms with E-state index in [1.807, 2.05) is 74.6 Å². The van der Waals surface area contributed by atoms with Gasteiger partial charge in [-0.05, 0) is 84.7 Å². The van der Waals surface area contributed by atoms with Crippen molar-refractivity contribution in [3.63, 3.8) is 0 Å². The molecule has 1 aromatic heterocycles. The van der Waals surface area contributed by atoms with Crippen LogP contribution in [0.3, 0.4) is 0 Å². The number of rotatable bonds is 36. The molecule has 2 fully saturated rings. The van der Waals surface area contributed by atoms with Crippen molar-refractivity contribution in [2.24, 2.45) is 5.92 Å². The van der Waals surface area contributed by atoms with E-state index in [9.17, 15) is 38.7 Å². The van der Waals surface area contributed by atoms with Gasteiger partial charge >= 0.3 is 18.2 Å².